The van der Waals surface area contributed by atoms with Gasteiger partial charge in [-0.1, -0.05) is 229 Å². The minimum Gasteiger partial charge on any atom is -0.462 e. The highest BCUT2D eigenvalue weighted by Crippen LogP contribution is 2.18. The predicted molar refractivity (Wildman–Crippen MR) is 282 cm³/mol. The average Bonchev–Trinajstić information content (AvgIpc) is 3.30. The molecule has 3 unspecified atom stereocenters. The van der Waals surface area contributed by atoms with Crippen LogP contribution in [0.2, 0.25) is 0 Å². The van der Waals surface area contributed by atoms with Crippen molar-refractivity contribution in [2.24, 2.45) is 0 Å². The number of hydrogen-bond donors (Lipinski definition) is 3. The molecular formula is C59H105NO5. The number of aliphatic hydroxyl groups excluding tert-OH is 2. The van der Waals surface area contributed by atoms with Crippen molar-refractivity contribution in [1.29, 1.82) is 0 Å². The largest absolute Gasteiger partial charge is 0.462 e. The molecule has 6 heteroatoms. The molecule has 0 heterocycles. The van der Waals surface area contributed by atoms with Gasteiger partial charge >= 0.3 is 5.97 Å². The first-order chi connectivity index (χ1) is 32.0. The lowest BCUT2D eigenvalue weighted by atomic mass is 10.0. The Morgan fingerprint density at radius 2 is 0.831 bits per heavy atom. The second-order valence-electron chi connectivity index (χ2n) is 18.6. The van der Waals surface area contributed by atoms with E-state index in [2.05, 4.69) is 99.0 Å². The van der Waals surface area contributed by atoms with Crippen LogP contribution in [0.15, 0.2) is 72.9 Å². The fraction of sp³-hybridized carbons (Fsp3) is 0.763. The van der Waals surface area contributed by atoms with Gasteiger partial charge in [-0.15, -0.1) is 0 Å². The van der Waals surface area contributed by atoms with Gasteiger partial charge in [0.05, 0.1) is 25.2 Å². The van der Waals surface area contributed by atoms with E-state index in [1.165, 1.54) is 116 Å². The van der Waals surface area contributed by atoms with Crippen LogP contribution < -0.4 is 5.32 Å². The second-order valence-corrected chi connectivity index (χ2v) is 18.6. The summed E-state index contributed by atoms with van der Waals surface area (Å²) in [4.78, 5) is 26.2. The first-order valence-electron chi connectivity index (χ1n) is 27.7. The van der Waals surface area contributed by atoms with Crippen molar-refractivity contribution in [3.63, 3.8) is 0 Å². The molecule has 0 rings (SSSR count). The number of aliphatic hydroxyl groups is 2. The molecule has 0 bridgehead atoms. The Labute approximate surface area is 402 Å². The number of hydrogen-bond acceptors (Lipinski definition) is 5. The summed E-state index contributed by atoms with van der Waals surface area (Å²) in [6.07, 6.45) is 66.7. The van der Waals surface area contributed by atoms with Gasteiger partial charge in [-0.2, -0.15) is 0 Å². The summed E-state index contributed by atoms with van der Waals surface area (Å²) in [5.74, 6) is -0.515. The summed E-state index contributed by atoms with van der Waals surface area (Å²) in [6, 6.07) is -0.714. The lowest BCUT2D eigenvalue weighted by molar-refractivity contribution is -0.151. The quantitative estimate of drug-likeness (QED) is 0.0321. The summed E-state index contributed by atoms with van der Waals surface area (Å²) in [6.45, 7) is 6.35. The Morgan fingerprint density at radius 3 is 1.29 bits per heavy atom. The van der Waals surface area contributed by atoms with Gasteiger partial charge in [0.25, 0.3) is 0 Å². The molecule has 0 aliphatic rings. The summed E-state index contributed by atoms with van der Waals surface area (Å²) < 4.78 is 5.94. The van der Waals surface area contributed by atoms with Crippen LogP contribution in [0.4, 0.5) is 0 Å². The van der Waals surface area contributed by atoms with Crippen LogP contribution in [-0.2, 0) is 14.3 Å². The molecule has 6 nitrogen and oxygen atoms in total. The summed E-state index contributed by atoms with van der Waals surface area (Å²) in [5, 5.41) is 23.8. The average molecular weight is 908 g/mol. The predicted octanol–water partition coefficient (Wildman–Crippen LogP) is 17.0. The maximum atomic E-state index is 13.2. The van der Waals surface area contributed by atoms with E-state index < -0.39 is 18.2 Å². The summed E-state index contributed by atoms with van der Waals surface area (Å²) in [5.41, 5.74) is 0. The zero-order valence-corrected chi connectivity index (χ0v) is 42.9. The van der Waals surface area contributed by atoms with Crippen molar-refractivity contribution in [3.05, 3.63) is 72.9 Å². The zero-order valence-electron chi connectivity index (χ0n) is 42.9. The molecule has 0 saturated heterocycles. The van der Waals surface area contributed by atoms with Crippen molar-refractivity contribution >= 4 is 11.9 Å². The molecule has 0 aromatic heterocycles. The van der Waals surface area contributed by atoms with Crippen LogP contribution in [0, 0.1) is 0 Å². The van der Waals surface area contributed by atoms with Gasteiger partial charge < -0.3 is 20.3 Å². The van der Waals surface area contributed by atoms with Gasteiger partial charge in [0.2, 0.25) is 5.91 Å². The number of nitrogens with one attached hydrogen (secondary N) is 1. The molecule has 3 N–H and O–H groups in total. The third kappa shape index (κ3) is 47.6. The van der Waals surface area contributed by atoms with E-state index in [9.17, 15) is 19.8 Å². The zero-order chi connectivity index (χ0) is 47.4. The highest BCUT2D eigenvalue weighted by Gasteiger charge is 2.24. The smallest absolute Gasteiger partial charge is 0.306 e. The number of amides is 1. The molecule has 0 fully saturated rings. The summed E-state index contributed by atoms with van der Waals surface area (Å²) >= 11 is 0. The van der Waals surface area contributed by atoms with Crippen LogP contribution in [0.5, 0.6) is 0 Å². The van der Waals surface area contributed by atoms with Gasteiger partial charge in [0.15, 0.2) is 0 Å². The Hall–Kier alpha value is -2.70. The van der Waals surface area contributed by atoms with Crippen LogP contribution in [0.25, 0.3) is 0 Å². The van der Waals surface area contributed by atoms with E-state index in [4.69, 9.17) is 4.74 Å². The number of carbonyl (C=O) groups excluding carboxylic acids is 2. The number of rotatable bonds is 49. The van der Waals surface area contributed by atoms with E-state index in [1.54, 1.807) is 0 Å². The normalized spacial score (nSPS) is 13.7. The third-order valence-electron chi connectivity index (χ3n) is 12.3. The molecule has 0 aliphatic carbocycles. The molecule has 3 atom stereocenters. The van der Waals surface area contributed by atoms with Crippen LogP contribution in [0.3, 0.4) is 0 Å². The van der Waals surface area contributed by atoms with Crippen molar-refractivity contribution in [3.8, 4) is 0 Å². The van der Waals surface area contributed by atoms with E-state index in [0.717, 1.165) is 103 Å². The number of allylic oxidation sites excluding steroid dienone is 12. The van der Waals surface area contributed by atoms with Crippen molar-refractivity contribution in [2.45, 2.75) is 283 Å². The molecule has 0 saturated carbocycles. The third-order valence-corrected chi connectivity index (χ3v) is 12.3. The molecule has 0 aromatic rings. The van der Waals surface area contributed by atoms with E-state index >= 15 is 0 Å². The topological polar surface area (TPSA) is 95.9 Å². The second kappa shape index (κ2) is 52.3. The van der Waals surface area contributed by atoms with Crippen LogP contribution in [0.1, 0.15) is 265 Å². The molecule has 0 radical (unpaired) electrons. The first-order valence-corrected chi connectivity index (χ1v) is 27.7. The van der Waals surface area contributed by atoms with Crippen LogP contribution >= 0.6 is 0 Å². The lowest BCUT2D eigenvalue weighted by Gasteiger charge is -2.24. The van der Waals surface area contributed by atoms with Crippen LogP contribution in [-0.4, -0.2) is 46.9 Å². The fourth-order valence-corrected chi connectivity index (χ4v) is 8.10. The minimum absolute atomic E-state index is 0.0572. The van der Waals surface area contributed by atoms with E-state index in [0.29, 0.717) is 19.3 Å². The Morgan fingerprint density at radius 1 is 0.462 bits per heavy atom. The molecular weight excluding hydrogens is 803 g/mol. The van der Waals surface area contributed by atoms with E-state index in [-0.39, 0.29) is 24.9 Å². The highest BCUT2D eigenvalue weighted by atomic mass is 16.5. The van der Waals surface area contributed by atoms with Gasteiger partial charge in [0.1, 0.15) is 6.10 Å². The fourth-order valence-electron chi connectivity index (χ4n) is 8.10. The molecule has 376 valence electrons. The molecule has 0 aliphatic heterocycles. The Kier molecular flexibility index (Phi) is 50.1. The Bertz CT molecular complexity index is 1200. The lowest BCUT2D eigenvalue weighted by Crippen LogP contribution is -2.46. The van der Waals surface area contributed by atoms with Gasteiger partial charge in [-0.3, -0.25) is 9.59 Å². The Balaban J connectivity index is 4.65. The van der Waals surface area contributed by atoms with Gasteiger partial charge in [0, 0.05) is 6.42 Å². The standard InChI is InChI=1S/C59H105NO5/c1-4-7-10-13-16-19-22-25-27-29-30-33-35-38-41-44-47-50-55(65-59(64)52-49-46-43-40-37-34-31-28-26-23-20-17-14-11-8-5-2)53-58(63)60-56(54-61)57(62)51-48-45-42-39-36-32-24-21-18-15-12-9-6-3/h8,11,16-17,19-20,25-28,34,37,55-57,61-62H,4-7,9-10,12-15,18,21-24,29-33,35-36,38-54H2,1-3H3,(H,60,63)/b11-8+,19-16-,20-17+,27-25-,28-26+,37-34+. The molecule has 0 aromatic carbocycles. The van der Waals surface area contributed by atoms with Gasteiger partial charge in [-0.05, 0) is 96.3 Å². The maximum Gasteiger partial charge on any atom is 0.306 e. The first kappa shape index (κ1) is 62.3. The van der Waals surface area contributed by atoms with Gasteiger partial charge in [-0.25, -0.2) is 0 Å². The monoisotopic (exact) mass is 908 g/mol. The number of ether oxygens (including phenoxy) is 1. The number of esters is 1. The SMILES string of the molecule is CC/C=C/C/C=C/C/C=C/C/C=C/CCCCCC(=O)OC(CCCCCCCCC/C=C\C/C=C\CCCCC)CC(=O)NC(CO)C(O)CCCCCCCCCCCCCCC. The maximum absolute atomic E-state index is 13.2. The number of carbonyl (C=O) groups is 2. The van der Waals surface area contributed by atoms with Crippen molar-refractivity contribution in [2.75, 3.05) is 6.61 Å². The molecule has 0 spiro atoms. The van der Waals surface area contributed by atoms with Crippen molar-refractivity contribution in [1.82, 2.24) is 5.32 Å². The van der Waals surface area contributed by atoms with E-state index in [1.807, 2.05) is 0 Å². The van der Waals surface area contributed by atoms with Crippen molar-refractivity contribution < 1.29 is 24.5 Å². The highest BCUT2D eigenvalue weighted by molar-refractivity contribution is 5.77. The molecule has 1 amide bonds. The molecule has 65 heavy (non-hydrogen) atoms. The summed E-state index contributed by atoms with van der Waals surface area (Å²) in [7, 11) is 0. The minimum atomic E-state index is -0.798. The number of unbranched alkanes of at least 4 members (excludes halogenated alkanes) is 25.